The highest BCUT2D eigenvalue weighted by Crippen LogP contribution is 2.14. The third-order valence-corrected chi connectivity index (χ3v) is 4.58. The van der Waals surface area contributed by atoms with Crippen LogP contribution in [0.3, 0.4) is 0 Å². The Morgan fingerprint density at radius 3 is 2.24 bits per heavy atom. The molecule has 2 aromatic carbocycles. The highest BCUT2D eigenvalue weighted by atomic mass is 16.5. The second-order valence-corrected chi connectivity index (χ2v) is 7.41. The zero-order valence-corrected chi connectivity index (χ0v) is 17.3. The summed E-state index contributed by atoms with van der Waals surface area (Å²) in [5, 5.41) is 5.41. The van der Waals surface area contributed by atoms with Gasteiger partial charge >= 0.3 is 5.97 Å². The third-order valence-electron chi connectivity index (χ3n) is 4.58. The van der Waals surface area contributed by atoms with Gasteiger partial charge in [-0.25, -0.2) is 4.79 Å². The molecule has 0 unspecified atom stereocenters. The van der Waals surface area contributed by atoms with E-state index in [0.29, 0.717) is 5.69 Å². The number of aryl methyl sites for hydroxylation is 2. The van der Waals surface area contributed by atoms with Crippen molar-refractivity contribution in [2.24, 2.45) is 5.92 Å². The van der Waals surface area contributed by atoms with Crippen molar-refractivity contribution in [1.82, 2.24) is 5.32 Å². The maximum absolute atomic E-state index is 12.4. The smallest absolute Gasteiger partial charge is 0.329 e. The quantitative estimate of drug-likeness (QED) is 0.671. The van der Waals surface area contributed by atoms with Gasteiger partial charge in [-0.15, -0.1) is 0 Å². The van der Waals surface area contributed by atoms with Gasteiger partial charge in [0.25, 0.3) is 5.91 Å². The van der Waals surface area contributed by atoms with E-state index in [1.165, 1.54) is 0 Å². The Morgan fingerprint density at radius 2 is 1.62 bits per heavy atom. The number of benzene rings is 2. The van der Waals surface area contributed by atoms with Crippen molar-refractivity contribution < 1.29 is 19.1 Å². The minimum atomic E-state index is -0.819. The zero-order valence-electron chi connectivity index (χ0n) is 17.3. The molecule has 0 fully saturated rings. The second kappa shape index (κ2) is 10.4. The molecular weight excluding hydrogens is 368 g/mol. The maximum atomic E-state index is 12.4. The van der Waals surface area contributed by atoms with Gasteiger partial charge in [0.05, 0.1) is 6.42 Å². The number of nitrogens with one attached hydrogen (secondary N) is 2. The van der Waals surface area contributed by atoms with Gasteiger partial charge in [-0.3, -0.25) is 9.59 Å². The minimum Gasteiger partial charge on any atom is -0.454 e. The van der Waals surface area contributed by atoms with Crippen molar-refractivity contribution in [3.05, 3.63) is 65.2 Å². The van der Waals surface area contributed by atoms with Crippen LogP contribution in [0.15, 0.2) is 48.5 Å². The second-order valence-electron chi connectivity index (χ2n) is 7.41. The van der Waals surface area contributed by atoms with Gasteiger partial charge in [0.2, 0.25) is 5.91 Å². The molecule has 0 aliphatic carbocycles. The fourth-order valence-corrected chi connectivity index (χ4v) is 2.75. The molecule has 6 nitrogen and oxygen atoms in total. The summed E-state index contributed by atoms with van der Waals surface area (Å²) in [4.78, 5) is 36.8. The highest BCUT2D eigenvalue weighted by Gasteiger charge is 2.26. The van der Waals surface area contributed by atoms with Crippen LogP contribution in [0.2, 0.25) is 0 Å². The molecule has 0 aliphatic heterocycles. The average Bonchev–Trinajstić information content (AvgIpc) is 2.67. The van der Waals surface area contributed by atoms with Crippen molar-refractivity contribution in [3.63, 3.8) is 0 Å². The minimum absolute atomic E-state index is 0.171. The van der Waals surface area contributed by atoms with E-state index in [-0.39, 0.29) is 18.2 Å². The lowest BCUT2D eigenvalue weighted by Crippen LogP contribution is -2.46. The van der Waals surface area contributed by atoms with Gasteiger partial charge in [-0.2, -0.15) is 0 Å². The van der Waals surface area contributed by atoms with E-state index in [1.807, 2.05) is 70.2 Å². The van der Waals surface area contributed by atoms with Gasteiger partial charge in [-0.05, 0) is 48.6 Å². The molecule has 0 bridgehead atoms. The van der Waals surface area contributed by atoms with Crippen molar-refractivity contribution in [2.45, 2.75) is 40.2 Å². The molecule has 2 aromatic rings. The molecule has 2 rings (SSSR count). The Labute approximate surface area is 171 Å². The number of carbonyl (C=O) groups is 3. The molecule has 0 saturated carbocycles. The summed E-state index contributed by atoms with van der Waals surface area (Å²) in [5.74, 6) is -1.51. The van der Waals surface area contributed by atoms with Crippen LogP contribution >= 0.6 is 0 Å². The predicted molar refractivity (Wildman–Crippen MR) is 112 cm³/mol. The molecule has 0 aliphatic rings. The molecule has 6 heteroatoms. The molecule has 1 atom stereocenters. The first-order valence-electron chi connectivity index (χ1n) is 9.63. The summed E-state index contributed by atoms with van der Waals surface area (Å²) in [7, 11) is 0. The van der Waals surface area contributed by atoms with Gasteiger partial charge in [-0.1, -0.05) is 50.2 Å². The molecule has 0 radical (unpaired) electrons. The van der Waals surface area contributed by atoms with Crippen molar-refractivity contribution in [2.75, 3.05) is 11.9 Å². The molecule has 0 saturated heterocycles. The van der Waals surface area contributed by atoms with Gasteiger partial charge in [0.15, 0.2) is 6.61 Å². The molecule has 154 valence electrons. The van der Waals surface area contributed by atoms with Crippen molar-refractivity contribution in [3.8, 4) is 0 Å². The van der Waals surface area contributed by atoms with Crippen LogP contribution < -0.4 is 10.6 Å². The molecule has 29 heavy (non-hydrogen) atoms. The molecule has 2 N–H and O–H groups in total. The maximum Gasteiger partial charge on any atom is 0.329 e. The molecular formula is C23H28N2O4. The van der Waals surface area contributed by atoms with E-state index in [2.05, 4.69) is 10.6 Å². The van der Waals surface area contributed by atoms with Crippen LogP contribution in [-0.4, -0.2) is 30.4 Å². The van der Waals surface area contributed by atoms with E-state index in [4.69, 9.17) is 4.74 Å². The number of anilines is 1. The van der Waals surface area contributed by atoms with Gasteiger partial charge in [0.1, 0.15) is 6.04 Å². The molecule has 2 amide bonds. The Morgan fingerprint density at radius 1 is 0.931 bits per heavy atom. The lowest BCUT2D eigenvalue weighted by Gasteiger charge is -2.21. The monoisotopic (exact) mass is 396 g/mol. The average molecular weight is 396 g/mol. The normalized spacial score (nSPS) is 11.6. The lowest BCUT2D eigenvalue weighted by atomic mass is 10.0. The van der Waals surface area contributed by atoms with Crippen LogP contribution in [0.5, 0.6) is 0 Å². The van der Waals surface area contributed by atoms with E-state index < -0.39 is 24.5 Å². The first-order valence-corrected chi connectivity index (χ1v) is 9.63. The topological polar surface area (TPSA) is 84.5 Å². The Bertz CT molecular complexity index is 862. The van der Waals surface area contributed by atoms with Gasteiger partial charge in [0, 0.05) is 5.69 Å². The summed E-state index contributed by atoms with van der Waals surface area (Å²) in [6.07, 6.45) is 0.171. The molecule has 0 spiro atoms. The largest absolute Gasteiger partial charge is 0.454 e. The number of hydrogen-bond acceptors (Lipinski definition) is 4. The van der Waals surface area contributed by atoms with Crippen LogP contribution in [-0.2, 0) is 25.5 Å². The Balaban J connectivity index is 1.87. The fraction of sp³-hybridized carbons (Fsp3) is 0.348. The van der Waals surface area contributed by atoms with Crippen LogP contribution in [0.4, 0.5) is 5.69 Å². The van der Waals surface area contributed by atoms with Crippen LogP contribution in [0.25, 0.3) is 0 Å². The zero-order chi connectivity index (χ0) is 21.4. The number of ether oxygens (including phenoxy) is 1. The Kier molecular flexibility index (Phi) is 7.95. The van der Waals surface area contributed by atoms with E-state index in [0.717, 1.165) is 16.7 Å². The number of carbonyl (C=O) groups excluding carboxylic acids is 3. The van der Waals surface area contributed by atoms with E-state index in [1.54, 1.807) is 6.07 Å². The van der Waals surface area contributed by atoms with Crippen molar-refractivity contribution >= 4 is 23.5 Å². The lowest BCUT2D eigenvalue weighted by molar-refractivity contribution is -0.151. The summed E-state index contributed by atoms with van der Waals surface area (Å²) < 4.78 is 5.14. The van der Waals surface area contributed by atoms with Crippen LogP contribution in [0, 0.1) is 19.8 Å². The number of hydrogen-bond donors (Lipinski definition) is 2. The number of amides is 2. The fourth-order valence-electron chi connectivity index (χ4n) is 2.75. The summed E-state index contributed by atoms with van der Waals surface area (Å²) in [5.41, 5.74) is 3.68. The van der Waals surface area contributed by atoms with E-state index >= 15 is 0 Å². The van der Waals surface area contributed by atoms with Crippen molar-refractivity contribution in [1.29, 1.82) is 0 Å². The van der Waals surface area contributed by atoms with E-state index in [9.17, 15) is 14.4 Å². The SMILES string of the molecule is Cc1ccc(NC(=O)COC(=O)[C@@H](NC(=O)Cc2ccccc2)C(C)C)cc1C. The van der Waals surface area contributed by atoms with Gasteiger partial charge < -0.3 is 15.4 Å². The Hall–Kier alpha value is -3.15. The summed E-state index contributed by atoms with van der Waals surface area (Å²) in [6, 6.07) is 14.0. The molecule has 0 heterocycles. The standard InChI is InChI=1S/C23H28N2O4/c1-15(2)22(25-20(26)13-18-8-6-5-7-9-18)23(28)29-14-21(27)24-19-11-10-16(3)17(4)12-19/h5-12,15,22H,13-14H2,1-4H3,(H,24,27)(H,25,26)/t22-/m0/s1. The molecule has 0 aromatic heterocycles. The number of rotatable bonds is 8. The summed E-state index contributed by atoms with van der Waals surface area (Å²) in [6.45, 7) is 7.15. The first-order chi connectivity index (χ1) is 13.8. The summed E-state index contributed by atoms with van der Waals surface area (Å²) >= 11 is 0. The highest BCUT2D eigenvalue weighted by molar-refractivity contribution is 5.93. The third kappa shape index (κ3) is 7.07. The predicted octanol–water partition coefficient (Wildman–Crippen LogP) is 3.17. The van der Waals surface area contributed by atoms with Crippen LogP contribution in [0.1, 0.15) is 30.5 Å². The first kappa shape index (κ1) is 22.1. The number of esters is 1.